The van der Waals surface area contributed by atoms with Gasteiger partial charge in [0.1, 0.15) is 5.75 Å². The molecule has 108 valence electrons. The zero-order chi connectivity index (χ0) is 15.1. The second kappa shape index (κ2) is 5.18. The summed E-state index contributed by atoms with van der Waals surface area (Å²) in [5.41, 5.74) is 3.50. The van der Waals surface area contributed by atoms with Gasteiger partial charge in [-0.2, -0.15) is 0 Å². The van der Waals surface area contributed by atoms with Crippen LogP contribution < -0.4 is 4.74 Å². The highest BCUT2D eigenvalue weighted by molar-refractivity contribution is 9.10. The molecule has 0 fully saturated rings. The van der Waals surface area contributed by atoms with E-state index in [1.54, 1.807) is 7.11 Å². The molecule has 4 rings (SSSR count). The minimum absolute atomic E-state index is 0.833. The predicted molar refractivity (Wildman–Crippen MR) is 95.0 cm³/mol. The number of ether oxygens (including phenoxy) is 1. The van der Waals surface area contributed by atoms with Gasteiger partial charge in [0.25, 0.3) is 0 Å². The van der Waals surface area contributed by atoms with E-state index in [1.165, 1.54) is 21.8 Å². The third-order valence-electron chi connectivity index (χ3n) is 3.97. The summed E-state index contributed by atoms with van der Waals surface area (Å²) in [6, 6.07) is 23.2. The molecule has 0 bridgehead atoms. The van der Waals surface area contributed by atoms with Crippen LogP contribution in [0.25, 0.3) is 27.5 Å². The molecule has 22 heavy (non-hydrogen) atoms. The number of para-hydroxylation sites is 2. The van der Waals surface area contributed by atoms with Crippen molar-refractivity contribution in [2.24, 2.45) is 0 Å². The summed E-state index contributed by atoms with van der Waals surface area (Å²) in [5, 5.41) is 2.53. The van der Waals surface area contributed by atoms with Crippen molar-refractivity contribution in [1.29, 1.82) is 0 Å². The van der Waals surface area contributed by atoms with Gasteiger partial charge in [-0.05, 0) is 40.2 Å². The zero-order valence-corrected chi connectivity index (χ0v) is 13.7. The summed E-state index contributed by atoms with van der Waals surface area (Å²) < 4.78 is 8.68. The fraction of sp³-hybridized carbons (Fsp3) is 0.0526. The van der Waals surface area contributed by atoms with E-state index in [0.29, 0.717) is 0 Å². The molecule has 0 N–H and O–H groups in total. The Morgan fingerprint density at radius 3 is 2.00 bits per heavy atom. The van der Waals surface area contributed by atoms with Crippen LogP contribution in [0, 0.1) is 0 Å². The van der Waals surface area contributed by atoms with Gasteiger partial charge in [-0.15, -0.1) is 0 Å². The number of nitrogens with zero attached hydrogens (tertiary/aromatic N) is 1. The van der Waals surface area contributed by atoms with E-state index in [4.69, 9.17) is 4.74 Å². The molecule has 3 heteroatoms. The van der Waals surface area contributed by atoms with E-state index >= 15 is 0 Å². The van der Waals surface area contributed by atoms with E-state index in [-0.39, 0.29) is 0 Å². The summed E-state index contributed by atoms with van der Waals surface area (Å²) in [4.78, 5) is 0. The summed E-state index contributed by atoms with van der Waals surface area (Å²) in [6.45, 7) is 0. The standard InChI is InChI=1S/C19H14BrNO/c1-22-19-12-13(10-11-16(19)20)21-17-8-4-2-6-14(17)15-7-3-5-9-18(15)21/h2-12H,1H3. The van der Waals surface area contributed by atoms with E-state index < -0.39 is 0 Å². The molecule has 2 nitrogen and oxygen atoms in total. The molecule has 4 aromatic rings. The fourth-order valence-corrected chi connectivity index (χ4v) is 3.40. The van der Waals surface area contributed by atoms with Crippen LogP contribution in [0.1, 0.15) is 0 Å². The highest BCUT2D eigenvalue weighted by atomic mass is 79.9. The van der Waals surface area contributed by atoms with Crippen molar-refractivity contribution in [3.63, 3.8) is 0 Å². The summed E-state index contributed by atoms with van der Waals surface area (Å²) in [6.07, 6.45) is 0. The molecule has 0 amide bonds. The Morgan fingerprint density at radius 2 is 1.41 bits per heavy atom. The number of methoxy groups -OCH3 is 1. The Labute approximate surface area is 137 Å². The van der Waals surface area contributed by atoms with Gasteiger partial charge >= 0.3 is 0 Å². The molecule has 3 aromatic carbocycles. The number of aromatic nitrogens is 1. The van der Waals surface area contributed by atoms with Gasteiger partial charge in [0, 0.05) is 22.5 Å². The highest BCUT2D eigenvalue weighted by Crippen LogP contribution is 2.34. The normalized spacial score (nSPS) is 11.2. The molecule has 0 spiro atoms. The van der Waals surface area contributed by atoms with Crippen LogP contribution in [-0.2, 0) is 0 Å². The lowest BCUT2D eigenvalue weighted by Crippen LogP contribution is -1.95. The van der Waals surface area contributed by atoms with E-state index in [0.717, 1.165) is 15.9 Å². The topological polar surface area (TPSA) is 14.2 Å². The Kier molecular flexibility index (Phi) is 3.16. The van der Waals surface area contributed by atoms with Gasteiger partial charge in [0.15, 0.2) is 0 Å². The van der Waals surface area contributed by atoms with Gasteiger partial charge < -0.3 is 9.30 Å². The number of hydrogen-bond acceptors (Lipinski definition) is 1. The average Bonchev–Trinajstić information content (AvgIpc) is 2.90. The molecule has 0 saturated carbocycles. The van der Waals surface area contributed by atoms with Gasteiger partial charge in [-0.3, -0.25) is 0 Å². The largest absolute Gasteiger partial charge is 0.495 e. The maximum atomic E-state index is 5.45. The van der Waals surface area contributed by atoms with Crippen LogP contribution in [0.5, 0.6) is 5.75 Å². The van der Waals surface area contributed by atoms with Crippen molar-refractivity contribution in [3.8, 4) is 11.4 Å². The lowest BCUT2D eigenvalue weighted by atomic mass is 10.2. The fourth-order valence-electron chi connectivity index (χ4n) is 2.99. The molecular formula is C19H14BrNO. The Hall–Kier alpha value is -2.26. The van der Waals surface area contributed by atoms with Crippen molar-refractivity contribution < 1.29 is 4.74 Å². The molecule has 0 aliphatic heterocycles. The van der Waals surface area contributed by atoms with Crippen molar-refractivity contribution in [2.45, 2.75) is 0 Å². The first kappa shape index (κ1) is 13.4. The monoisotopic (exact) mass is 351 g/mol. The first-order valence-electron chi connectivity index (χ1n) is 7.11. The molecule has 0 atom stereocenters. The zero-order valence-electron chi connectivity index (χ0n) is 12.1. The molecule has 1 heterocycles. The number of fused-ring (bicyclic) bond motifs is 3. The molecule has 0 unspecified atom stereocenters. The van der Waals surface area contributed by atoms with Crippen LogP contribution >= 0.6 is 15.9 Å². The maximum Gasteiger partial charge on any atom is 0.135 e. The lowest BCUT2D eigenvalue weighted by Gasteiger charge is -2.10. The SMILES string of the molecule is COc1cc(-n2c3ccccc3c3ccccc32)ccc1Br. The Morgan fingerprint density at radius 1 is 0.818 bits per heavy atom. The van der Waals surface area contributed by atoms with Crippen LogP contribution in [0.2, 0.25) is 0 Å². The molecular weight excluding hydrogens is 338 g/mol. The lowest BCUT2D eigenvalue weighted by molar-refractivity contribution is 0.412. The van der Waals surface area contributed by atoms with Gasteiger partial charge in [0.2, 0.25) is 0 Å². The quantitative estimate of drug-likeness (QED) is 0.461. The number of benzene rings is 3. The van der Waals surface area contributed by atoms with Gasteiger partial charge in [-0.25, -0.2) is 0 Å². The van der Waals surface area contributed by atoms with E-state index in [1.807, 2.05) is 6.07 Å². The third kappa shape index (κ3) is 1.93. The predicted octanol–water partition coefficient (Wildman–Crippen LogP) is 5.55. The second-order valence-electron chi connectivity index (χ2n) is 5.19. The van der Waals surface area contributed by atoms with Gasteiger partial charge in [0.05, 0.1) is 22.6 Å². The molecule has 0 aliphatic rings. The van der Waals surface area contributed by atoms with Crippen molar-refractivity contribution in [3.05, 3.63) is 71.2 Å². The van der Waals surface area contributed by atoms with Crippen LogP contribution in [0.15, 0.2) is 71.2 Å². The Bertz CT molecular complexity index is 934. The summed E-state index contributed by atoms with van der Waals surface area (Å²) in [5.74, 6) is 0.833. The number of hydrogen-bond donors (Lipinski definition) is 0. The van der Waals surface area contributed by atoms with E-state index in [2.05, 4.69) is 81.2 Å². The summed E-state index contributed by atoms with van der Waals surface area (Å²) in [7, 11) is 1.69. The van der Waals surface area contributed by atoms with Crippen LogP contribution in [0.3, 0.4) is 0 Å². The molecule has 0 radical (unpaired) electrons. The smallest absolute Gasteiger partial charge is 0.135 e. The number of rotatable bonds is 2. The first-order chi connectivity index (χ1) is 10.8. The van der Waals surface area contributed by atoms with Crippen LogP contribution in [-0.4, -0.2) is 11.7 Å². The molecule has 1 aromatic heterocycles. The Balaban J connectivity index is 2.13. The first-order valence-corrected chi connectivity index (χ1v) is 7.91. The van der Waals surface area contributed by atoms with E-state index in [9.17, 15) is 0 Å². The summed E-state index contributed by atoms with van der Waals surface area (Å²) >= 11 is 3.52. The van der Waals surface area contributed by atoms with Crippen molar-refractivity contribution in [1.82, 2.24) is 4.57 Å². The second-order valence-corrected chi connectivity index (χ2v) is 6.04. The third-order valence-corrected chi connectivity index (χ3v) is 4.63. The van der Waals surface area contributed by atoms with Crippen molar-refractivity contribution >= 4 is 37.7 Å². The minimum Gasteiger partial charge on any atom is -0.495 e. The highest BCUT2D eigenvalue weighted by Gasteiger charge is 2.12. The van der Waals surface area contributed by atoms with Crippen LogP contribution in [0.4, 0.5) is 0 Å². The maximum absolute atomic E-state index is 5.45. The minimum atomic E-state index is 0.833. The number of halogens is 1. The average molecular weight is 352 g/mol. The molecule has 0 aliphatic carbocycles. The molecule has 0 saturated heterocycles. The van der Waals surface area contributed by atoms with Crippen molar-refractivity contribution in [2.75, 3.05) is 7.11 Å². The van der Waals surface area contributed by atoms with Gasteiger partial charge in [-0.1, -0.05) is 36.4 Å².